The number of aromatic nitrogens is 2. The van der Waals surface area contributed by atoms with E-state index in [1.165, 1.54) is 0 Å². The lowest BCUT2D eigenvalue weighted by Crippen LogP contribution is -2.49. The van der Waals surface area contributed by atoms with Crippen molar-refractivity contribution in [3.8, 4) is 5.75 Å². The van der Waals surface area contributed by atoms with Gasteiger partial charge in [-0.05, 0) is 62.4 Å². The fraction of sp³-hybridized carbons (Fsp3) is 0.565. The molecular weight excluding hydrogens is 366 g/mol. The SMILES string of the molecule is CCOC(=O)[C@]1(Cc2cccc(OC)c2)CCCN(Cc2cc(C(C)C)n[nH]2)C1. The van der Waals surface area contributed by atoms with E-state index in [0.717, 1.165) is 48.6 Å². The van der Waals surface area contributed by atoms with Crippen LogP contribution in [0.1, 0.15) is 56.5 Å². The van der Waals surface area contributed by atoms with Gasteiger partial charge in [-0.3, -0.25) is 14.8 Å². The maximum atomic E-state index is 13.1. The summed E-state index contributed by atoms with van der Waals surface area (Å²) < 4.78 is 10.9. The van der Waals surface area contributed by atoms with Crippen LogP contribution in [0.25, 0.3) is 0 Å². The Morgan fingerprint density at radius 1 is 1.34 bits per heavy atom. The van der Waals surface area contributed by atoms with Gasteiger partial charge in [0.1, 0.15) is 5.75 Å². The van der Waals surface area contributed by atoms with Crippen LogP contribution in [0, 0.1) is 5.41 Å². The zero-order valence-corrected chi connectivity index (χ0v) is 18.0. The second-order valence-electron chi connectivity index (χ2n) is 8.32. The Hall–Kier alpha value is -2.34. The van der Waals surface area contributed by atoms with Crippen LogP contribution in [-0.2, 0) is 22.5 Å². The van der Waals surface area contributed by atoms with Gasteiger partial charge in [-0.1, -0.05) is 26.0 Å². The maximum Gasteiger partial charge on any atom is 0.313 e. The Labute approximate surface area is 173 Å². The molecule has 0 amide bonds. The van der Waals surface area contributed by atoms with E-state index in [2.05, 4.69) is 41.1 Å². The van der Waals surface area contributed by atoms with Gasteiger partial charge >= 0.3 is 5.97 Å². The fourth-order valence-electron chi connectivity index (χ4n) is 4.20. The second-order valence-corrected chi connectivity index (χ2v) is 8.32. The molecule has 6 heteroatoms. The lowest BCUT2D eigenvalue weighted by molar-refractivity contribution is -0.159. The third-order valence-corrected chi connectivity index (χ3v) is 5.68. The number of nitrogens with one attached hydrogen (secondary N) is 1. The van der Waals surface area contributed by atoms with Crippen LogP contribution in [0.4, 0.5) is 0 Å². The van der Waals surface area contributed by atoms with E-state index in [1.54, 1.807) is 7.11 Å². The average Bonchev–Trinajstić information content (AvgIpc) is 3.17. The third kappa shape index (κ3) is 5.18. The summed E-state index contributed by atoms with van der Waals surface area (Å²) in [4.78, 5) is 15.4. The van der Waals surface area contributed by atoms with Crippen LogP contribution in [-0.4, -0.2) is 47.9 Å². The van der Waals surface area contributed by atoms with E-state index in [9.17, 15) is 4.79 Å². The number of methoxy groups -OCH3 is 1. The molecule has 1 fully saturated rings. The minimum Gasteiger partial charge on any atom is -0.497 e. The van der Waals surface area contributed by atoms with Gasteiger partial charge in [0.2, 0.25) is 0 Å². The first-order chi connectivity index (χ1) is 14.0. The Morgan fingerprint density at radius 3 is 2.86 bits per heavy atom. The number of ether oxygens (including phenoxy) is 2. The molecule has 0 aliphatic carbocycles. The molecule has 0 bridgehead atoms. The maximum absolute atomic E-state index is 13.1. The summed E-state index contributed by atoms with van der Waals surface area (Å²) in [7, 11) is 1.67. The molecule has 1 saturated heterocycles. The highest BCUT2D eigenvalue weighted by Gasteiger charge is 2.43. The fourth-order valence-corrected chi connectivity index (χ4v) is 4.20. The molecule has 3 rings (SSSR count). The molecule has 1 N–H and O–H groups in total. The molecule has 0 saturated carbocycles. The van der Waals surface area contributed by atoms with Crippen LogP contribution in [0.5, 0.6) is 5.75 Å². The molecule has 29 heavy (non-hydrogen) atoms. The monoisotopic (exact) mass is 399 g/mol. The molecule has 1 aromatic heterocycles. The Morgan fingerprint density at radius 2 is 2.17 bits per heavy atom. The number of hydrogen-bond acceptors (Lipinski definition) is 5. The highest BCUT2D eigenvalue weighted by atomic mass is 16.5. The van der Waals surface area contributed by atoms with Gasteiger partial charge in [-0.25, -0.2) is 0 Å². The van der Waals surface area contributed by atoms with Gasteiger partial charge in [-0.2, -0.15) is 5.10 Å². The quantitative estimate of drug-likeness (QED) is 0.681. The number of hydrogen-bond donors (Lipinski definition) is 1. The largest absolute Gasteiger partial charge is 0.497 e. The summed E-state index contributed by atoms with van der Waals surface area (Å²) in [6, 6.07) is 10.1. The highest BCUT2D eigenvalue weighted by molar-refractivity contribution is 5.78. The van der Waals surface area contributed by atoms with E-state index in [0.29, 0.717) is 25.5 Å². The topological polar surface area (TPSA) is 67.5 Å². The lowest BCUT2D eigenvalue weighted by Gasteiger charge is -2.41. The van der Waals surface area contributed by atoms with Gasteiger partial charge in [0.05, 0.1) is 24.8 Å². The third-order valence-electron chi connectivity index (χ3n) is 5.68. The summed E-state index contributed by atoms with van der Waals surface area (Å²) in [6.45, 7) is 8.96. The lowest BCUT2D eigenvalue weighted by atomic mass is 9.75. The standard InChI is InChI=1S/C23H33N3O3/c1-5-29-22(27)23(14-18-8-6-9-20(12-18)28-4)10-7-11-26(16-23)15-19-13-21(17(2)3)25-24-19/h6,8-9,12-13,17H,5,7,10-11,14-16H2,1-4H3,(H,24,25)/t23-/m0/s1. The first kappa shape index (κ1) is 21.4. The van der Waals surface area contributed by atoms with Gasteiger partial charge in [-0.15, -0.1) is 0 Å². The zero-order valence-electron chi connectivity index (χ0n) is 18.0. The summed E-state index contributed by atoms with van der Waals surface area (Å²) >= 11 is 0. The highest BCUT2D eigenvalue weighted by Crippen LogP contribution is 2.36. The zero-order chi connectivity index (χ0) is 20.9. The molecular formula is C23H33N3O3. The summed E-state index contributed by atoms with van der Waals surface area (Å²) in [5.41, 5.74) is 2.73. The van der Waals surface area contributed by atoms with E-state index >= 15 is 0 Å². The van der Waals surface area contributed by atoms with Crippen LogP contribution < -0.4 is 4.74 Å². The number of likely N-dealkylation sites (tertiary alicyclic amines) is 1. The van der Waals surface area contributed by atoms with Crippen molar-refractivity contribution in [3.63, 3.8) is 0 Å². The minimum atomic E-state index is -0.540. The van der Waals surface area contributed by atoms with Crippen molar-refractivity contribution >= 4 is 5.97 Å². The Kier molecular flexibility index (Phi) is 6.96. The Bertz CT molecular complexity index is 817. The Balaban J connectivity index is 1.79. The van der Waals surface area contributed by atoms with Crippen LogP contribution in [0.2, 0.25) is 0 Å². The molecule has 2 heterocycles. The van der Waals surface area contributed by atoms with Crippen molar-refractivity contribution in [1.82, 2.24) is 15.1 Å². The normalized spacial score (nSPS) is 20.0. The van der Waals surface area contributed by atoms with E-state index in [4.69, 9.17) is 9.47 Å². The van der Waals surface area contributed by atoms with Gasteiger partial charge < -0.3 is 9.47 Å². The van der Waals surface area contributed by atoms with Crippen molar-refractivity contribution in [2.24, 2.45) is 5.41 Å². The molecule has 0 spiro atoms. The molecule has 0 unspecified atom stereocenters. The average molecular weight is 400 g/mol. The molecule has 1 aromatic carbocycles. The predicted molar refractivity (Wildman–Crippen MR) is 113 cm³/mol. The second kappa shape index (κ2) is 9.44. The molecule has 1 atom stereocenters. The predicted octanol–water partition coefficient (Wildman–Crippen LogP) is 3.93. The van der Waals surface area contributed by atoms with Crippen molar-refractivity contribution in [2.45, 2.75) is 52.5 Å². The van der Waals surface area contributed by atoms with Gasteiger partial charge in [0, 0.05) is 18.8 Å². The van der Waals surface area contributed by atoms with Crippen molar-refractivity contribution in [2.75, 3.05) is 26.8 Å². The van der Waals surface area contributed by atoms with Gasteiger partial charge in [0.15, 0.2) is 0 Å². The first-order valence-electron chi connectivity index (χ1n) is 10.5. The molecule has 1 aliphatic rings. The van der Waals surface area contributed by atoms with Crippen LogP contribution in [0.15, 0.2) is 30.3 Å². The molecule has 158 valence electrons. The van der Waals surface area contributed by atoms with Crippen molar-refractivity contribution < 1.29 is 14.3 Å². The number of carbonyl (C=O) groups excluding carboxylic acids is 1. The number of H-pyrrole nitrogens is 1. The van der Waals surface area contributed by atoms with Gasteiger partial charge in [0.25, 0.3) is 0 Å². The number of esters is 1. The molecule has 6 nitrogen and oxygen atoms in total. The number of benzene rings is 1. The summed E-state index contributed by atoms with van der Waals surface area (Å²) in [6.07, 6.45) is 2.45. The smallest absolute Gasteiger partial charge is 0.313 e. The molecule has 2 aromatic rings. The van der Waals surface area contributed by atoms with Crippen molar-refractivity contribution in [1.29, 1.82) is 0 Å². The van der Waals surface area contributed by atoms with E-state index < -0.39 is 5.41 Å². The van der Waals surface area contributed by atoms with E-state index in [1.807, 2.05) is 25.1 Å². The number of nitrogens with zero attached hydrogens (tertiary/aromatic N) is 2. The minimum absolute atomic E-state index is 0.0972. The number of piperidine rings is 1. The number of rotatable bonds is 8. The molecule has 0 radical (unpaired) electrons. The first-order valence-corrected chi connectivity index (χ1v) is 10.5. The summed E-state index contributed by atoms with van der Waals surface area (Å²) in [5, 5.41) is 7.57. The molecule has 1 aliphatic heterocycles. The number of aromatic amines is 1. The summed E-state index contributed by atoms with van der Waals surface area (Å²) in [5.74, 6) is 1.11. The van der Waals surface area contributed by atoms with E-state index in [-0.39, 0.29) is 5.97 Å². The number of carbonyl (C=O) groups is 1. The van der Waals surface area contributed by atoms with Crippen molar-refractivity contribution in [3.05, 3.63) is 47.3 Å². The van der Waals surface area contributed by atoms with Crippen LogP contribution >= 0.6 is 0 Å². The van der Waals surface area contributed by atoms with Crippen LogP contribution in [0.3, 0.4) is 0 Å².